The predicted octanol–water partition coefficient (Wildman–Crippen LogP) is 3.94. The second-order valence-electron chi connectivity index (χ2n) is 8.57. The van der Waals surface area contributed by atoms with Gasteiger partial charge in [-0.2, -0.15) is 0 Å². The van der Waals surface area contributed by atoms with Gasteiger partial charge in [-0.1, -0.05) is 13.0 Å². The number of nitrogens with zero attached hydrogens (tertiary/aromatic N) is 3. The maximum Gasteiger partial charge on any atom is 0.316 e. The van der Waals surface area contributed by atoms with Crippen LogP contribution in [0.2, 0.25) is 0 Å². The van der Waals surface area contributed by atoms with E-state index in [9.17, 15) is 15.0 Å². The molecule has 3 rings (SSSR count). The first kappa shape index (κ1) is 22.8. The summed E-state index contributed by atoms with van der Waals surface area (Å²) in [5.41, 5.74) is 2.62. The van der Waals surface area contributed by atoms with Crippen molar-refractivity contribution >= 4 is 23.0 Å². The number of hydrogen-bond donors (Lipinski definition) is 3. The topological polar surface area (TPSA) is 108 Å². The lowest BCUT2D eigenvalue weighted by molar-refractivity contribution is -0.137. The number of aliphatic carboxylic acids is 1. The van der Waals surface area contributed by atoms with Crippen molar-refractivity contribution in [3.63, 3.8) is 0 Å². The Bertz CT molecular complexity index is 895. The third-order valence-corrected chi connectivity index (χ3v) is 5.87. The lowest BCUT2D eigenvalue weighted by Crippen LogP contribution is -2.46. The number of hydrogen-bond acceptors (Lipinski definition) is 7. The number of aromatic nitrogens is 2. The van der Waals surface area contributed by atoms with Crippen LogP contribution in [-0.2, 0) is 4.79 Å². The minimum absolute atomic E-state index is 0.00740. The molecule has 1 saturated heterocycles. The van der Waals surface area contributed by atoms with E-state index in [1.165, 1.54) is 7.11 Å². The molecular formula is C23H32N4O4. The first-order chi connectivity index (χ1) is 14.7. The molecule has 1 aromatic heterocycles. The van der Waals surface area contributed by atoms with Gasteiger partial charge >= 0.3 is 12.0 Å². The van der Waals surface area contributed by atoms with Gasteiger partial charge in [-0.25, -0.2) is 9.97 Å². The number of ether oxygens (including phenoxy) is 1. The summed E-state index contributed by atoms with van der Waals surface area (Å²) in [5, 5.41) is 23.4. The van der Waals surface area contributed by atoms with Crippen LogP contribution < -0.4 is 15.0 Å². The molecule has 8 nitrogen and oxygen atoms in total. The molecule has 1 aliphatic rings. The molecule has 2 atom stereocenters. The van der Waals surface area contributed by atoms with E-state index in [0.29, 0.717) is 5.69 Å². The van der Waals surface area contributed by atoms with E-state index >= 15 is 0 Å². The summed E-state index contributed by atoms with van der Waals surface area (Å²) in [6.07, 6.45) is 6.01. The lowest BCUT2D eigenvalue weighted by atomic mass is 9.92. The summed E-state index contributed by atoms with van der Waals surface area (Å²) >= 11 is 0. The fourth-order valence-electron chi connectivity index (χ4n) is 4.30. The molecule has 0 amide bonds. The van der Waals surface area contributed by atoms with Crippen LogP contribution in [0.1, 0.15) is 57.9 Å². The fourth-order valence-corrected chi connectivity index (χ4v) is 4.30. The third-order valence-electron chi connectivity index (χ3n) is 5.87. The largest absolute Gasteiger partial charge is 0.481 e. The summed E-state index contributed by atoms with van der Waals surface area (Å²) in [7, 11) is 1.52. The van der Waals surface area contributed by atoms with E-state index in [1.807, 2.05) is 39.0 Å². The predicted molar refractivity (Wildman–Crippen MR) is 120 cm³/mol. The summed E-state index contributed by atoms with van der Waals surface area (Å²) in [6.45, 7) is 6.52. The SMILES string of the molecule is CCC(CC(=O)O)c1ccc(N2CCCC2C(C)(C)O)c(Nc2cnc(OC)nc2)c1. The zero-order chi connectivity index (χ0) is 22.6. The summed E-state index contributed by atoms with van der Waals surface area (Å²) in [5.74, 6) is -0.890. The minimum atomic E-state index is -0.842. The van der Waals surface area contributed by atoms with Crippen LogP contribution in [-0.4, -0.2) is 51.4 Å². The molecule has 0 aliphatic carbocycles. The Labute approximate surface area is 183 Å². The Morgan fingerprint density at radius 3 is 2.65 bits per heavy atom. The van der Waals surface area contributed by atoms with E-state index in [1.54, 1.807) is 12.4 Å². The average molecular weight is 429 g/mol. The van der Waals surface area contributed by atoms with Gasteiger partial charge in [0.2, 0.25) is 0 Å². The van der Waals surface area contributed by atoms with E-state index in [-0.39, 0.29) is 24.4 Å². The highest BCUT2D eigenvalue weighted by molar-refractivity contribution is 5.77. The monoisotopic (exact) mass is 428 g/mol. The Morgan fingerprint density at radius 1 is 1.35 bits per heavy atom. The number of benzene rings is 1. The molecule has 0 spiro atoms. The quantitative estimate of drug-likeness (QED) is 0.551. The van der Waals surface area contributed by atoms with Crippen molar-refractivity contribution in [1.29, 1.82) is 0 Å². The second-order valence-corrected chi connectivity index (χ2v) is 8.57. The molecule has 2 unspecified atom stereocenters. The molecule has 1 aliphatic heterocycles. The molecular weight excluding hydrogens is 396 g/mol. The Kier molecular flexibility index (Phi) is 7.00. The number of aliphatic hydroxyl groups is 1. The Morgan fingerprint density at radius 2 is 2.06 bits per heavy atom. The lowest BCUT2D eigenvalue weighted by Gasteiger charge is -2.36. The van der Waals surface area contributed by atoms with Crippen molar-refractivity contribution in [2.75, 3.05) is 23.9 Å². The zero-order valence-electron chi connectivity index (χ0n) is 18.6. The molecule has 1 aromatic carbocycles. The van der Waals surface area contributed by atoms with Gasteiger partial charge in [0.05, 0.1) is 54.6 Å². The highest BCUT2D eigenvalue weighted by Gasteiger charge is 2.37. The van der Waals surface area contributed by atoms with Crippen molar-refractivity contribution < 1.29 is 19.7 Å². The molecule has 3 N–H and O–H groups in total. The van der Waals surface area contributed by atoms with Crippen molar-refractivity contribution in [3.05, 3.63) is 36.2 Å². The van der Waals surface area contributed by atoms with Crippen LogP contribution in [0.25, 0.3) is 0 Å². The van der Waals surface area contributed by atoms with E-state index in [4.69, 9.17) is 4.74 Å². The number of anilines is 3. The van der Waals surface area contributed by atoms with Crippen molar-refractivity contribution in [3.8, 4) is 6.01 Å². The maximum atomic E-state index is 11.3. The van der Waals surface area contributed by atoms with Crippen molar-refractivity contribution in [1.82, 2.24) is 9.97 Å². The minimum Gasteiger partial charge on any atom is -0.481 e. The van der Waals surface area contributed by atoms with Crippen LogP contribution in [0.3, 0.4) is 0 Å². The Balaban J connectivity index is 2.01. The van der Waals surface area contributed by atoms with Gasteiger partial charge in [-0.05, 0) is 56.7 Å². The number of nitrogens with one attached hydrogen (secondary N) is 1. The van der Waals surface area contributed by atoms with Crippen LogP contribution in [0.5, 0.6) is 6.01 Å². The average Bonchev–Trinajstić information content (AvgIpc) is 3.23. The third kappa shape index (κ3) is 5.44. The standard InChI is InChI=1S/C23H32N4O4/c1-5-15(12-21(28)29)16-8-9-19(27-10-6-7-20(27)23(2,3)30)18(11-16)26-17-13-24-22(31-4)25-14-17/h8-9,11,13-15,20,26,30H,5-7,10,12H2,1-4H3,(H,28,29). The molecule has 0 saturated carbocycles. The highest BCUT2D eigenvalue weighted by Crippen LogP contribution is 2.39. The van der Waals surface area contributed by atoms with E-state index in [2.05, 4.69) is 20.2 Å². The van der Waals surface area contributed by atoms with Crippen LogP contribution in [0.15, 0.2) is 30.6 Å². The number of carboxylic acids is 1. The van der Waals surface area contributed by atoms with Crippen molar-refractivity contribution in [2.45, 2.75) is 64.0 Å². The molecule has 2 aromatic rings. The first-order valence-corrected chi connectivity index (χ1v) is 10.7. The molecule has 0 bridgehead atoms. The van der Waals surface area contributed by atoms with Gasteiger partial charge in [0.25, 0.3) is 0 Å². The fraction of sp³-hybridized carbons (Fsp3) is 0.522. The van der Waals surface area contributed by atoms with Gasteiger partial charge in [0, 0.05) is 6.54 Å². The second kappa shape index (κ2) is 9.51. The van der Waals surface area contributed by atoms with Gasteiger partial charge in [0.1, 0.15) is 0 Å². The van der Waals surface area contributed by atoms with E-state index in [0.717, 1.165) is 42.7 Å². The highest BCUT2D eigenvalue weighted by atomic mass is 16.5. The molecule has 8 heteroatoms. The van der Waals surface area contributed by atoms with Gasteiger partial charge in [0.15, 0.2) is 0 Å². The number of carbonyl (C=O) groups is 1. The molecule has 2 heterocycles. The normalized spacial score (nSPS) is 17.5. The van der Waals surface area contributed by atoms with Gasteiger partial charge < -0.3 is 25.2 Å². The van der Waals surface area contributed by atoms with Crippen LogP contribution >= 0.6 is 0 Å². The molecule has 168 valence electrons. The number of carboxylic acid groups (broad SMARTS) is 1. The summed E-state index contributed by atoms with van der Waals surface area (Å²) in [4.78, 5) is 21.9. The van der Waals surface area contributed by atoms with Gasteiger partial charge in [-0.3, -0.25) is 4.79 Å². The van der Waals surface area contributed by atoms with Crippen LogP contribution in [0, 0.1) is 0 Å². The number of rotatable bonds is 9. The molecule has 0 radical (unpaired) electrons. The summed E-state index contributed by atoms with van der Waals surface area (Å²) in [6, 6.07) is 6.32. The van der Waals surface area contributed by atoms with Gasteiger partial charge in [-0.15, -0.1) is 0 Å². The zero-order valence-corrected chi connectivity index (χ0v) is 18.6. The Hall–Kier alpha value is -2.87. The first-order valence-electron chi connectivity index (χ1n) is 10.7. The molecule has 31 heavy (non-hydrogen) atoms. The maximum absolute atomic E-state index is 11.3. The number of methoxy groups -OCH3 is 1. The smallest absolute Gasteiger partial charge is 0.316 e. The van der Waals surface area contributed by atoms with E-state index < -0.39 is 11.6 Å². The summed E-state index contributed by atoms with van der Waals surface area (Å²) < 4.78 is 5.04. The molecule has 1 fully saturated rings. The van der Waals surface area contributed by atoms with Crippen LogP contribution in [0.4, 0.5) is 17.1 Å². The van der Waals surface area contributed by atoms with Crippen molar-refractivity contribution in [2.24, 2.45) is 0 Å².